The molecule has 2 N–H and O–H groups in total. The van der Waals surface area contributed by atoms with Gasteiger partial charge in [-0.15, -0.1) is 0 Å². The molecule has 254 valence electrons. The first kappa shape index (κ1) is 32.0. The van der Waals surface area contributed by atoms with Crippen LogP contribution in [0.4, 0.5) is 9.18 Å². The number of nitrogens with one attached hydrogen (secondary N) is 2. The maximum atomic E-state index is 15.9. The predicted molar refractivity (Wildman–Crippen MR) is 178 cm³/mol. The molecule has 1 aliphatic carbocycles. The highest BCUT2D eigenvalue weighted by molar-refractivity contribution is 5.95. The summed E-state index contributed by atoms with van der Waals surface area (Å²) in [5.41, 5.74) is 3.05. The van der Waals surface area contributed by atoms with E-state index in [1.165, 1.54) is 10.6 Å². The lowest BCUT2D eigenvalue weighted by Crippen LogP contribution is -2.50. The maximum Gasteiger partial charge on any atom is 0.407 e. The molecule has 3 amide bonds. The zero-order chi connectivity index (χ0) is 33.7. The van der Waals surface area contributed by atoms with Crippen LogP contribution in [0, 0.1) is 24.6 Å². The van der Waals surface area contributed by atoms with E-state index in [4.69, 9.17) is 14.6 Å². The number of hydrogen-bond acceptors (Lipinski definition) is 6. The van der Waals surface area contributed by atoms with Gasteiger partial charge in [-0.2, -0.15) is 5.10 Å². The van der Waals surface area contributed by atoms with E-state index in [0.717, 1.165) is 48.2 Å². The van der Waals surface area contributed by atoms with Crippen molar-refractivity contribution < 1.29 is 28.2 Å². The molecule has 2 saturated heterocycles. The molecule has 2 atom stereocenters. The number of rotatable bonds is 8. The number of benzene rings is 1. The summed E-state index contributed by atoms with van der Waals surface area (Å²) in [4.78, 5) is 39.4. The molecule has 1 aromatic carbocycles. The lowest BCUT2D eigenvalue weighted by Gasteiger charge is -2.33. The van der Waals surface area contributed by atoms with Crippen LogP contribution in [0.3, 0.4) is 0 Å². The molecule has 12 heteroatoms. The van der Waals surface area contributed by atoms with Gasteiger partial charge in [0.2, 0.25) is 5.91 Å². The Morgan fingerprint density at radius 2 is 1.94 bits per heavy atom. The SMILES string of the molecule is Cc1c(-c2cc3cccc(OCC4CNC(=O)C4)c3n2CC2CC2)nn2cc(C(=O)N3CCC[C@@H](NC(=O)OC(C)(C)C)C3)cc(F)c12. The number of alkyl carbamates (subject to hydrolysis) is 1. The van der Waals surface area contributed by atoms with Gasteiger partial charge in [0, 0.05) is 61.7 Å². The van der Waals surface area contributed by atoms with Crippen molar-refractivity contribution in [2.45, 2.75) is 78.0 Å². The van der Waals surface area contributed by atoms with Gasteiger partial charge in [-0.3, -0.25) is 9.59 Å². The monoisotopic (exact) mass is 658 g/mol. The molecule has 4 aromatic rings. The molecule has 1 unspecified atom stereocenters. The smallest absolute Gasteiger partial charge is 0.407 e. The molecule has 48 heavy (non-hydrogen) atoms. The van der Waals surface area contributed by atoms with E-state index in [9.17, 15) is 14.4 Å². The first-order valence-electron chi connectivity index (χ1n) is 16.9. The van der Waals surface area contributed by atoms with Crippen LogP contribution in [0.5, 0.6) is 5.75 Å². The number of nitrogens with zero attached hydrogens (tertiary/aromatic N) is 4. The Labute approximate surface area is 278 Å². The van der Waals surface area contributed by atoms with Crippen LogP contribution in [-0.4, -0.2) is 74.9 Å². The molecule has 3 aliphatic rings. The fourth-order valence-corrected chi connectivity index (χ4v) is 6.91. The van der Waals surface area contributed by atoms with Gasteiger partial charge in [0.25, 0.3) is 5.91 Å². The highest BCUT2D eigenvalue weighted by Gasteiger charge is 2.30. The van der Waals surface area contributed by atoms with Crippen LogP contribution in [-0.2, 0) is 16.1 Å². The second-order valence-electron chi connectivity index (χ2n) is 14.5. The molecule has 11 nitrogen and oxygen atoms in total. The van der Waals surface area contributed by atoms with Crippen molar-refractivity contribution in [2.24, 2.45) is 11.8 Å². The number of pyridine rings is 1. The lowest BCUT2D eigenvalue weighted by atomic mass is 10.0. The van der Waals surface area contributed by atoms with Crippen molar-refractivity contribution in [3.63, 3.8) is 0 Å². The third kappa shape index (κ3) is 6.57. The zero-order valence-corrected chi connectivity index (χ0v) is 28.0. The number of likely N-dealkylation sites (tertiary alicyclic amines) is 1. The second kappa shape index (κ2) is 12.4. The first-order chi connectivity index (χ1) is 22.9. The van der Waals surface area contributed by atoms with Crippen molar-refractivity contribution in [2.75, 3.05) is 26.2 Å². The summed E-state index contributed by atoms with van der Waals surface area (Å²) in [5.74, 6) is 0.629. The molecule has 5 heterocycles. The standard InChI is InChI=1S/C36H43FN6O5/c1-21-31(28-15-24-7-5-9-29(33(24)42(28)17-22-10-11-22)47-20-23-13-30(44)38-16-23)40-43-18-25(14-27(37)32(21)43)34(45)41-12-6-8-26(19-41)39-35(46)48-36(2,3)4/h5,7,9,14-15,18,22-23,26H,6,8,10-13,16-17,19-20H2,1-4H3,(H,38,44)(H,39,46)/t23?,26-/m1/s1. The Morgan fingerprint density at radius 3 is 2.67 bits per heavy atom. The van der Waals surface area contributed by atoms with Crippen LogP contribution in [0.2, 0.25) is 0 Å². The van der Waals surface area contributed by atoms with Crippen molar-refractivity contribution in [3.8, 4) is 17.1 Å². The number of halogens is 1. The van der Waals surface area contributed by atoms with Crippen LogP contribution >= 0.6 is 0 Å². The van der Waals surface area contributed by atoms with Crippen molar-refractivity contribution >= 4 is 34.3 Å². The van der Waals surface area contributed by atoms with Crippen molar-refractivity contribution in [1.29, 1.82) is 0 Å². The molecular weight excluding hydrogens is 615 g/mol. The van der Waals surface area contributed by atoms with Gasteiger partial charge in [-0.1, -0.05) is 12.1 Å². The summed E-state index contributed by atoms with van der Waals surface area (Å²) in [6.07, 6.45) is 5.25. The van der Waals surface area contributed by atoms with Gasteiger partial charge < -0.3 is 29.6 Å². The minimum Gasteiger partial charge on any atom is -0.491 e. The van der Waals surface area contributed by atoms with Gasteiger partial charge in [0.05, 0.1) is 23.4 Å². The number of carbonyl (C=O) groups excluding carboxylic acids is 3. The van der Waals surface area contributed by atoms with E-state index in [1.807, 2.05) is 25.1 Å². The fraction of sp³-hybridized carbons (Fsp3) is 0.500. The summed E-state index contributed by atoms with van der Waals surface area (Å²) >= 11 is 0. The molecule has 1 saturated carbocycles. The van der Waals surface area contributed by atoms with Crippen molar-refractivity contribution in [3.05, 3.63) is 53.5 Å². The fourth-order valence-electron chi connectivity index (χ4n) is 6.91. The lowest BCUT2D eigenvalue weighted by molar-refractivity contribution is -0.119. The summed E-state index contributed by atoms with van der Waals surface area (Å²) in [6.45, 7) is 9.92. The second-order valence-corrected chi connectivity index (χ2v) is 14.5. The average molecular weight is 659 g/mol. The normalized spacial score (nSPS) is 19.9. The number of aromatic nitrogens is 3. The molecule has 0 radical (unpaired) electrons. The Bertz CT molecular complexity index is 1900. The summed E-state index contributed by atoms with van der Waals surface area (Å²) in [5, 5.41) is 11.6. The molecule has 3 fully saturated rings. The Kier molecular flexibility index (Phi) is 8.29. The number of ether oxygens (including phenoxy) is 2. The van der Waals surface area contributed by atoms with Gasteiger partial charge in [-0.05, 0) is 77.5 Å². The number of aryl methyl sites for hydroxylation is 1. The number of piperidine rings is 1. The largest absolute Gasteiger partial charge is 0.491 e. The van der Waals surface area contributed by atoms with E-state index < -0.39 is 17.5 Å². The van der Waals surface area contributed by atoms with Gasteiger partial charge >= 0.3 is 6.09 Å². The predicted octanol–water partition coefficient (Wildman–Crippen LogP) is 5.46. The van der Waals surface area contributed by atoms with E-state index in [-0.39, 0.29) is 29.3 Å². The summed E-state index contributed by atoms with van der Waals surface area (Å²) in [6, 6.07) is 9.07. The third-order valence-electron chi connectivity index (χ3n) is 9.39. The number of amides is 3. The minimum absolute atomic E-state index is 0.0518. The maximum absolute atomic E-state index is 15.9. The van der Waals surface area contributed by atoms with E-state index >= 15 is 4.39 Å². The van der Waals surface area contributed by atoms with Crippen LogP contribution in [0.15, 0.2) is 36.5 Å². The van der Waals surface area contributed by atoms with Crippen LogP contribution in [0.25, 0.3) is 27.8 Å². The Morgan fingerprint density at radius 1 is 1.12 bits per heavy atom. The number of carbonyl (C=O) groups is 3. The van der Waals surface area contributed by atoms with Gasteiger partial charge in [0.1, 0.15) is 28.4 Å². The first-order valence-corrected chi connectivity index (χ1v) is 16.9. The topological polar surface area (TPSA) is 119 Å². The van der Waals surface area contributed by atoms with Gasteiger partial charge in [-0.25, -0.2) is 13.7 Å². The summed E-state index contributed by atoms with van der Waals surface area (Å²) < 4.78 is 31.3. The minimum atomic E-state index is -0.625. The number of hydrogen-bond donors (Lipinski definition) is 2. The highest BCUT2D eigenvalue weighted by atomic mass is 19.1. The van der Waals surface area contributed by atoms with Gasteiger partial charge in [0.15, 0.2) is 0 Å². The van der Waals surface area contributed by atoms with Crippen molar-refractivity contribution in [1.82, 2.24) is 29.7 Å². The van der Waals surface area contributed by atoms with E-state index in [0.29, 0.717) is 61.8 Å². The average Bonchev–Trinajstić information content (AvgIpc) is 3.49. The number of fused-ring (bicyclic) bond motifs is 2. The van der Waals surface area contributed by atoms with Crippen LogP contribution < -0.4 is 15.4 Å². The Hall–Kier alpha value is -4.61. The Balaban J connectivity index is 1.18. The third-order valence-corrected chi connectivity index (χ3v) is 9.39. The van der Waals surface area contributed by atoms with Crippen LogP contribution in [0.1, 0.15) is 68.8 Å². The summed E-state index contributed by atoms with van der Waals surface area (Å²) in [7, 11) is 0. The molecule has 2 aliphatic heterocycles. The van der Waals surface area contributed by atoms with E-state index in [1.54, 1.807) is 31.9 Å². The number of para-hydroxylation sites is 1. The zero-order valence-electron chi connectivity index (χ0n) is 28.0. The molecule has 0 bridgehead atoms. The molecule has 0 spiro atoms. The quantitative estimate of drug-likeness (QED) is 0.260. The molecule has 3 aromatic heterocycles. The highest BCUT2D eigenvalue weighted by Crippen LogP contribution is 2.40. The molecular formula is C36H43FN6O5. The molecule has 7 rings (SSSR count). The van der Waals surface area contributed by atoms with E-state index in [2.05, 4.69) is 21.3 Å².